The fourth-order valence-electron chi connectivity index (χ4n) is 4.58. The Morgan fingerprint density at radius 3 is 2.83 bits per heavy atom. The van der Waals surface area contributed by atoms with Crippen molar-refractivity contribution < 1.29 is 9.47 Å². The number of hydrogen-bond acceptors (Lipinski definition) is 5. The van der Waals surface area contributed by atoms with Gasteiger partial charge in [-0.2, -0.15) is 0 Å². The maximum absolute atomic E-state index is 6.07. The second kappa shape index (κ2) is 10.8. The lowest BCUT2D eigenvalue weighted by Crippen LogP contribution is -2.31. The number of rotatable bonds is 10. The van der Waals surface area contributed by atoms with Crippen LogP contribution in [0.5, 0.6) is 5.75 Å². The molecule has 2 aliphatic rings. The summed E-state index contributed by atoms with van der Waals surface area (Å²) in [6, 6.07) is 13.1. The molecular formula is C24H34BN3O2. The average molecular weight is 407 g/mol. The van der Waals surface area contributed by atoms with Crippen molar-refractivity contribution in [3.63, 3.8) is 0 Å². The summed E-state index contributed by atoms with van der Waals surface area (Å²) in [5, 5.41) is 0. The van der Waals surface area contributed by atoms with Crippen molar-refractivity contribution in [2.24, 2.45) is 5.92 Å². The summed E-state index contributed by atoms with van der Waals surface area (Å²) >= 11 is 0. The molecular weight excluding hydrogens is 373 g/mol. The van der Waals surface area contributed by atoms with Crippen molar-refractivity contribution in [1.29, 1.82) is 0 Å². The lowest BCUT2D eigenvalue weighted by Gasteiger charge is -2.21. The van der Waals surface area contributed by atoms with Gasteiger partial charge < -0.3 is 19.2 Å². The molecule has 2 aromatic rings. The van der Waals surface area contributed by atoms with Crippen LogP contribution in [0.1, 0.15) is 37.7 Å². The van der Waals surface area contributed by atoms with Gasteiger partial charge in [0.1, 0.15) is 12.4 Å². The molecule has 0 spiro atoms. The molecule has 0 N–H and O–H groups in total. The molecule has 30 heavy (non-hydrogen) atoms. The van der Waals surface area contributed by atoms with Crippen molar-refractivity contribution >= 4 is 13.7 Å². The minimum Gasteiger partial charge on any atom is -0.490 e. The minimum atomic E-state index is 0.536. The van der Waals surface area contributed by atoms with E-state index in [2.05, 4.69) is 53.0 Å². The predicted octanol–water partition coefficient (Wildman–Crippen LogP) is 3.30. The van der Waals surface area contributed by atoms with E-state index < -0.39 is 0 Å². The number of nitrogens with zero attached hydrogens (tertiary/aromatic N) is 3. The molecule has 2 saturated heterocycles. The SMILES string of the molecule is BN1CCC[C@H]1COc1cncc(N2CC[C@H](CCCOCc3ccccc3)C2)c1. The fraction of sp³-hybridized carbons (Fsp3) is 0.542. The molecule has 0 unspecified atom stereocenters. The molecule has 1 aromatic heterocycles. The Balaban J connectivity index is 1.17. The Morgan fingerprint density at radius 2 is 2.00 bits per heavy atom. The lowest BCUT2D eigenvalue weighted by atomic mass is 10.0. The quantitative estimate of drug-likeness (QED) is 0.446. The van der Waals surface area contributed by atoms with Crippen molar-refractivity contribution in [1.82, 2.24) is 9.79 Å². The molecule has 0 aliphatic carbocycles. The summed E-state index contributed by atoms with van der Waals surface area (Å²) in [5.41, 5.74) is 2.44. The highest BCUT2D eigenvalue weighted by atomic mass is 16.5. The third-order valence-corrected chi connectivity index (χ3v) is 6.48. The number of anilines is 1. The first kappa shape index (κ1) is 21.2. The third-order valence-electron chi connectivity index (χ3n) is 6.48. The van der Waals surface area contributed by atoms with Crippen LogP contribution < -0.4 is 9.64 Å². The van der Waals surface area contributed by atoms with E-state index in [9.17, 15) is 0 Å². The van der Waals surface area contributed by atoms with Crippen LogP contribution in [0.25, 0.3) is 0 Å². The Morgan fingerprint density at radius 1 is 1.10 bits per heavy atom. The molecule has 2 fully saturated rings. The first-order valence-corrected chi connectivity index (χ1v) is 11.4. The molecule has 0 saturated carbocycles. The van der Waals surface area contributed by atoms with Crippen molar-refractivity contribution in [3.8, 4) is 5.75 Å². The predicted molar refractivity (Wildman–Crippen MR) is 124 cm³/mol. The lowest BCUT2D eigenvalue weighted by molar-refractivity contribution is 0.114. The second-order valence-electron chi connectivity index (χ2n) is 8.75. The van der Waals surface area contributed by atoms with Crippen LogP contribution in [-0.4, -0.2) is 56.7 Å². The molecule has 0 bridgehead atoms. The summed E-state index contributed by atoms with van der Waals surface area (Å²) < 4.78 is 11.9. The van der Waals surface area contributed by atoms with Gasteiger partial charge in [-0.3, -0.25) is 4.98 Å². The molecule has 0 amide bonds. The summed E-state index contributed by atoms with van der Waals surface area (Å²) in [7, 11) is 2.19. The van der Waals surface area contributed by atoms with Crippen molar-refractivity contribution in [2.45, 2.75) is 44.8 Å². The minimum absolute atomic E-state index is 0.536. The van der Waals surface area contributed by atoms with Gasteiger partial charge in [-0.1, -0.05) is 30.3 Å². The van der Waals surface area contributed by atoms with Crippen molar-refractivity contribution in [3.05, 3.63) is 54.4 Å². The molecule has 160 valence electrons. The molecule has 0 radical (unpaired) electrons. The molecule has 6 heteroatoms. The van der Waals surface area contributed by atoms with Gasteiger partial charge in [0.25, 0.3) is 0 Å². The number of benzene rings is 1. The largest absolute Gasteiger partial charge is 0.490 e. The summed E-state index contributed by atoms with van der Waals surface area (Å²) in [5.74, 6) is 1.63. The van der Waals surface area contributed by atoms with E-state index in [1.807, 2.05) is 18.5 Å². The van der Waals surface area contributed by atoms with Crippen LogP contribution in [0.3, 0.4) is 0 Å². The van der Waals surface area contributed by atoms with Crippen molar-refractivity contribution in [2.75, 3.05) is 37.7 Å². The van der Waals surface area contributed by atoms with Crippen LogP contribution in [-0.2, 0) is 11.3 Å². The van der Waals surface area contributed by atoms with E-state index in [-0.39, 0.29) is 0 Å². The maximum atomic E-state index is 6.07. The first-order valence-electron chi connectivity index (χ1n) is 11.4. The zero-order chi connectivity index (χ0) is 20.6. The van der Waals surface area contributed by atoms with E-state index in [0.717, 1.165) is 44.4 Å². The Labute approximate surface area is 181 Å². The van der Waals surface area contributed by atoms with Gasteiger partial charge in [0, 0.05) is 31.8 Å². The van der Waals surface area contributed by atoms with Gasteiger partial charge in [-0.05, 0) is 50.1 Å². The Bertz CT molecular complexity index is 776. The average Bonchev–Trinajstić information content (AvgIpc) is 3.42. The van der Waals surface area contributed by atoms with Crippen LogP contribution >= 0.6 is 0 Å². The molecule has 3 heterocycles. The normalized spacial score (nSPS) is 21.9. The molecule has 4 rings (SSSR count). The molecule has 1 aromatic carbocycles. The highest BCUT2D eigenvalue weighted by Crippen LogP contribution is 2.28. The van der Waals surface area contributed by atoms with Crippen LogP contribution in [0.4, 0.5) is 5.69 Å². The highest BCUT2D eigenvalue weighted by molar-refractivity contribution is 6.04. The summed E-state index contributed by atoms with van der Waals surface area (Å²) in [6.45, 7) is 5.70. The van der Waals surface area contributed by atoms with Crippen LogP contribution in [0, 0.1) is 5.92 Å². The van der Waals surface area contributed by atoms with E-state index >= 15 is 0 Å². The smallest absolute Gasteiger partial charge is 0.185 e. The van der Waals surface area contributed by atoms with Gasteiger partial charge in [0.15, 0.2) is 7.98 Å². The molecule has 5 nitrogen and oxygen atoms in total. The number of ether oxygens (including phenoxy) is 2. The summed E-state index contributed by atoms with van der Waals surface area (Å²) in [4.78, 5) is 9.28. The standard InChI is InChI=1S/C24H34BN3O2/c25-28-11-4-9-22(28)19-30-24-14-23(15-26-16-24)27-12-10-20(17-27)8-5-13-29-18-21-6-2-1-3-7-21/h1-3,6-7,14-16,20,22H,4-5,8-13,17-19,25H2/t20-,22-/m0/s1. The fourth-order valence-corrected chi connectivity index (χ4v) is 4.58. The van der Waals surface area contributed by atoms with Crippen LogP contribution in [0.15, 0.2) is 48.8 Å². The Hall–Kier alpha value is -2.05. The number of aromatic nitrogens is 1. The zero-order valence-corrected chi connectivity index (χ0v) is 18.2. The van der Waals surface area contributed by atoms with E-state index in [0.29, 0.717) is 12.6 Å². The van der Waals surface area contributed by atoms with Gasteiger partial charge in [-0.15, -0.1) is 0 Å². The summed E-state index contributed by atoms with van der Waals surface area (Å²) in [6.07, 6.45) is 9.92. The highest BCUT2D eigenvalue weighted by Gasteiger charge is 2.24. The van der Waals surface area contributed by atoms with E-state index in [4.69, 9.17) is 9.47 Å². The van der Waals surface area contributed by atoms with E-state index in [1.54, 1.807) is 0 Å². The molecule has 2 aliphatic heterocycles. The number of pyridine rings is 1. The van der Waals surface area contributed by atoms with Gasteiger partial charge in [-0.25, -0.2) is 0 Å². The van der Waals surface area contributed by atoms with Gasteiger partial charge in [0.05, 0.1) is 24.7 Å². The van der Waals surface area contributed by atoms with Crippen LogP contribution in [0.2, 0.25) is 0 Å². The number of hydrogen-bond donors (Lipinski definition) is 0. The van der Waals surface area contributed by atoms with E-state index in [1.165, 1.54) is 43.5 Å². The maximum Gasteiger partial charge on any atom is 0.185 e. The monoisotopic (exact) mass is 407 g/mol. The second-order valence-corrected chi connectivity index (χ2v) is 8.75. The Kier molecular flexibility index (Phi) is 7.65. The topological polar surface area (TPSA) is 37.8 Å². The van der Waals surface area contributed by atoms with Gasteiger partial charge in [0.2, 0.25) is 0 Å². The first-order chi connectivity index (χ1) is 14.8. The third kappa shape index (κ3) is 5.99. The molecule has 2 atom stereocenters. The van der Waals surface area contributed by atoms with Gasteiger partial charge >= 0.3 is 0 Å². The zero-order valence-electron chi connectivity index (χ0n) is 18.2.